The maximum absolute atomic E-state index is 12.6. The Hall–Kier alpha value is -2.25. The monoisotopic (exact) mass is 401 g/mol. The Kier molecular flexibility index (Phi) is 9.80. The Labute approximate surface area is 172 Å². The normalized spacial score (nSPS) is 11.2. The van der Waals surface area contributed by atoms with Gasteiger partial charge in [-0.15, -0.1) is 0 Å². The largest absolute Gasteiger partial charge is 0.416 e. The number of halogens is 3. The minimum absolute atomic E-state index is 0.526. The molecule has 0 fully saturated rings. The third kappa shape index (κ3) is 9.19. The van der Waals surface area contributed by atoms with Crippen LogP contribution in [0.15, 0.2) is 48.5 Å². The van der Waals surface area contributed by atoms with Gasteiger partial charge >= 0.3 is 6.18 Å². The highest BCUT2D eigenvalue weighted by atomic mass is 19.4. The molecule has 2 rings (SSSR count). The highest BCUT2D eigenvalue weighted by Crippen LogP contribution is 2.29. The molecule has 0 saturated carbocycles. The van der Waals surface area contributed by atoms with Gasteiger partial charge < -0.3 is 5.32 Å². The van der Waals surface area contributed by atoms with Gasteiger partial charge in [-0.3, -0.25) is 0 Å². The molecule has 156 valence electrons. The van der Waals surface area contributed by atoms with Gasteiger partial charge in [0, 0.05) is 25.1 Å². The third-order valence-corrected chi connectivity index (χ3v) is 4.78. The van der Waals surface area contributed by atoms with Gasteiger partial charge in [0.1, 0.15) is 0 Å². The smallest absolute Gasteiger partial charge is 0.309 e. The Morgan fingerprint density at radius 1 is 0.759 bits per heavy atom. The van der Waals surface area contributed by atoms with Crippen molar-refractivity contribution in [3.05, 3.63) is 70.8 Å². The predicted octanol–water partition coefficient (Wildman–Crippen LogP) is 7.10. The van der Waals surface area contributed by atoms with Gasteiger partial charge in [0.15, 0.2) is 0 Å². The molecule has 0 aliphatic carbocycles. The first-order chi connectivity index (χ1) is 14.0. The Balaban J connectivity index is 1.68. The molecule has 4 heteroatoms. The van der Waals surface area contributed by atoms with Crippen LogP contribution in [0, 0.1) is 11.8 Å². The molecule has 0 radical (unpaired) electrons. The average Bonchev–Trinajstić information content (AvgIpc) is 2.71. The van der Waals surface area contributed by atoms with Crippen molar-refractivity contribution < 1.29 is 13.2 Å². The fourth-order valence-corrected chi connectivity index (χ4v) is 3.03. The lowest BCUT2D eigenvalue weighted by molar-refractivity contribution is -0.137. The van der Waals surface area contributed by atoms with Crippen molar-refractivity contribution in [2.45, 2.75) is 71.1 Å². The molecule has 0 bridgehead atoms. The minimum Gasteiger partial charge on any atom is -0.309 e. The maximum Gasteiger partial charge on any atom is 0.416 e. The summed E-state index contributed by atoms with van der Waals surface area (Å²) >= 11 is 0. The molecule has 2 aromatic carbocycles. The minimum atomic E-state index is -4.29. The summed E-state index contributed by atoms with van der Waals surface area (Å²) in [7, 11) is 0. The zero-order chi connectivity index (χ0) is 21.0. The summed E-state index contributed by atoms with van der Waals surface area (Å²) in [5.74, 6) is 6.46. The molecule has 1 nitrogen and oxygen atoms in total. The molecule has 0 aromatic heterocycles. The average molecular weight is 402 g/mol. The highest BCUT2D eigenvalue weighted by Gasteiger charge is 2.29. The lowest BCUT2D eigenvalue weighted by Crippen LogP contribution is -2.13. The number of rotatable bonds is 10. The summed E-state index contributed by atoms with van der Waals surface area (Å²) in [4.78, 5) is 0. The number of unbranched alkanes of at least 4 members (excludes halogenated alkanes) is 6. The number of benzene rings is 2. The summed E-state index contributed by atoms with van der Waals surface area (Å²) in [5, 5.41) is 3.26. The molecule has 0 unspecified atom stereocenters. The number of hydrogen-bond donors (Lipinski definition) is 1. The molecule has 0 aliphatic rings. The summed E-state index contributed by atoms with van der Waals surface area (Å²) in [6.07, 6.45) is 4.34. The van der Waals surface area contributed by atoms with Crippen LogP contribution in [0.4, 0.5) is 13.2 Å². The van der Waals surface area contributed by atoms with Crippen LogP contribution < -0.4 is 5.32 Å². The molecule has 2 aromatic rings. The molecular weight excluding hydrogens is 371 g/mol. The molecule has 0 aliphatic heterocycles. The van der Waals surface area contributed by atoms with Gasteiger partial charge in [-0.2, -0.15) is 13.2 Å². The van der Waals surface area contributed by atoms with Crippen LogP contribution in [0.1, 0.15) is 74.1 Å². The van der Waals surface area contributed by atoms with Crippen LogP contribution in [0.3, 0.4) is 0 Å². The second-order valence-electron chi connectivity index (χ2n) is 7.31. The first-order valence-corrected chi connectivity index (χ1v) is 10.4. The van der Waals surface area contributed by atoms with Crippen LogP contribution in [0.5, 0.6) is 0 Å². The van der Waals surface area contributed by atoms with Crippen molar-refractivity contribution in [1.82, 2.24) is 5.32 Å². The van der Waals surface area contributed by atoms with Crippen molar-refractivity contribution in [3.8, 4) is 11.8 Å². The molecule has 0 heterocycles. The second kappa shape index (κ2) is 12.3. The van der Waals surface area contributed by atoms with Crippen LogP contribution in [-0.2, 0) is 19.3 Å². The number of alkyl halides is 3. The zero-order valence-electron chi connectivity index (χ0n) is 17.1. The van der Waals surface area contributed by atoms with Gasteiger partial charge in [0.05, 0.1) is 5.56 Å². The molecule has 0 amide bonds. The van der Waals surface area contributed by atoms with Gasteiger partial charge in [-0.1, -0.05) is 75.1 Å². The van der Waals surface area contributed by atoms with Gasteiger partial charge in [0.25, 0.3) is 0 Å². The maximum atomic E-state index is 12.6. The van der Waals surface area contributed by atoms with Crippen molar-refractivity contribution in [2.24, 2.45) is 0 Å². The van der Waals surface area contributed by atoms with E-state index in [4.69, 9.17) is 0 Å². The Bertz CT molecular complexity index is 765. The lowest BCUT2D eigenvalue weighted by atomic mass is 10.1. The Morgan fingerprint density at radius 2 is 1.31 bits per heavy atom. The van der Waals surface area contributed by atoms with E-state index in [1.54, 1.807) is 0 Å². The first-order valence-electron chi connectivity index (χ1n) is 10.4. The van der Waals surface area contributed by atoms with Gasteiger partial charge in [-0.05, 0) is 41.8 Å². The van der Waals surface area contributed by atoms with Crippen LogP contribution >= 0.6 is 0 Å². The summed E-state index contributed by atoms with van der Waals surface area (Å²) in [6.45, 7) is 3.41. The molecule has 0 atom stereocenters. The molecule has 29 heavy (non-hydrogen) atoms. The van der Waals surface area contributed by atoms with Crippen molar-refractivity contribution in [3.63, 3.8) is 0 Å². The van der Waals surface area contributed by atoms with Crippen molar-refractivity contribution in [2.75, 3.05) is 0 Å². The standard InChI is InChI=1S/C25H30F3N/c1-2-3-4-5-6-7-8-9-10-21-11-13-22(14-12-21)19-29-20-23-15-17-24(18-16-23)25(26,27)28/h11-18,29H,2-8,19-20H2,1H3. The quantitative estimate of drug-likeness (QED) is 0.331. The lowest BCUT2D eigenvalue weighted by Gasteiger charge is -2.08. The molecule has 1 N–H and O–H groups in total. The van der Waals surface area contributed by atoms with E-state index in [-0.39, 0.29) is 0 Å². The molecule has 0 spiro atoms. The second-order valence-corrected chi connectivity index (χ2v) is 7.31. The molecular formula is C25H30F3N. The van der Waals surface area contributed by atoms with Crippen molar-refractivity contribution >= 4 is 0 Å². The SMILES string of the molecule is CCCCCCCCC#Cc1ccc(CNCc2ccc(C(F)(F)F)cc2)cc1. The van der Waals surface area contributed by atoms with Crippen molar-refractivity contribution in [1.29, 1.82) is 0 Å². The van der Waals surface area contributed by atoms with Crippen LogP contribution in [0.2, 0.25) is 0 Å². The summed E-state index contributed by atoms with van der Waals surface area (Å²) < 4.78 is 37.7. The van der Waals surface area contributed by atoms with Gasteiger partial charge in [-0.25, -0.2) is 0 Å². The van der Waals surface area contributed by atoms with E-state index in [0.29, 0.717) is 13.1 Å². The third-order valence-electron chi connectivity index (χ3n) is 4.78. The van der Waals surface area contributed by atoms with E-state index in [1.807, 2.05) is 24.3 Å². The van der Waals surface area contributed by atoms with E-state index in [1.165, 1.54) is 50.7 Å². The van der Waals surface area contributed by atoms with E-state index in [2.05, 4.69) is 24.1 Å². The van der Waals surface area contributed by atoms with E-state index >= 15 is 0 Å². The fourth-order valence-electron chi connectivity index (χ4n) is 3.03. The fraction of sp³-hybridized carbons (Fsp3) is 0.440. The number of hydrogen-bond acceptors (Lipinski definition) is 1. The summed E-state index contributed by atoms with van der Waals surface area (Å²) in [5.41, 5.74) is 2.35. The highest BCUT2D eigenvalue weighted by molar-refractivity contribution is 5.36. The Morgan fingerprint density at radius 3 is 1.90 bits per heavy atom. The van der Waals surface area contributed by atoms with Crippen LogP contribution in [0.25, 0.3) is 0 Å². The molecule has 0 saturated heterocycles. The number of nitrogens with one attached hydrogen (secondary N) is 1. The predicted molar refractivity (Wildman–Crippen MR) is 113 cm³/mol. The zero-order valence-corrected chi connectivity index (χ0v) is 17.1. The van der Waals surface area contributed by atoms with E-state index in [0.717, 1.165) is 35.2 Å². The summed E-state index contributed by atoms with van der Waals surface area (Å²) in [6, 6.07) is 13.4. The van der Waals surface area contributed by atoms with Crippen LogP contribution in [-0.4, -0.2) is 0 Å². The topological polar surface area (TPSA) is 12.0 Å². The van der Waals surface area contributed by atoms with Gasteiger partial charge in [0.2, 0.25) is 0 Å². The first kappa shape index (κ1) is 23.0. The van der Waals surface area contributed by atoms with E-state index in [9.17, 15) is 13.2 Å². The van der Waals surface area contributed by atoms with E-state index < -0.39 is 11.7 Å².